The molecule has 1 heterocycles. The van der Waals surface area contributed by atoms with E-state index in [9.17, 15) is 9.90 Å². The molecule has 1 N–H and O–H groups in total. The predicted octanol–water partition coefficient (Wildman–Crippen LogP) is 2.80. The third-order valence-corrected chi connectivity index (χ3v) is 5.03. The van der Waals surface area contributed by atoms with Gasteiger partial charge in [-0.15, -0.1) is 0 Å². The highest BCUT2D eigenvalue weighted by Crippen LogP contribution is 2.46. The Hall–Kier alpha value is -1.55. The molecule has 1 aromatic rings. The molecule has 1 fully saturated rings. The van der Waals surface area contributed by atoms with Gasteiger partial charge in [0.15, 0.2) is 0 Å². The quantitative estimate of drug-likeness (QED) is 0.926. The van der Waals surface area contributed by atoms with Gasteiger partial charge in [-0.05, 0) is 62.0 Å². The van der Waals surface area contributed by atoms with Crippen molar-refractivity contribution in [1.82, 2.24) is 4.90 Å². The van der Waals surface area contributed by atoms with Crippen LogP contribution in [0.3, 0.4) is 0 Å². The average Bonchev–Trinajstić information content (AvgIpc) is 2.86. The molecule has 114 valence electrons. The summed E-state index contributed by atoms with van der Waals surface area (Å²) in [6, 6.07) is 6.13. The SMILES string of the molecule is COc1ccc2c(c1)C(CC(=O)O)(N1CCCCC1)CC2. The number of fused-ring (bicyclic) bond motifs is 1. The van der Waals surface area contributed by atoms with Gasteiger partial charge in [-0.1, -0.05) is 12.5 Å². The smallest absolute Gasteiger partial charge is 0.305 e. The lowest BCUT2D eigenvalue weighted by molar-refractivity contribution is -0.141. The molecular formula is C17H23NO3. The van der Waals surface area contributed by atoms with E-state index in [1.807, 2.05) is 6.07 Å². The largest absolute Gasteiger partial charge is 0.497 e. The van der Waals surface area contributed by atoms with Crippen molar-refractivity contribution in [1.29, 1.82) is 0 Å². The Bertz CT molecular complexity index is 537. The van der Waals surface area contributed by atoms with E-state index in [0.717, 1.165) is 31.7 Å². The minimum atomic E-state index is -0.712. The number of ether oxygens (including phenoxy) is 1. The number of methoxy groups -OCH3 is 1. The molecule has 1 aliphatic heterocycles. The molecule has 3 rings (SSSR count). The topological polar surface area (TPSA) is 49.8 Å². The summed E-state index contributed by atoms with van der Waals surface area (Å²) < 4.78 is 5.36. The molecule has 1 atom stereocenters. The molecule has 0 amide bonds. The molecular weight excluding hydrogens is 266 g/mol. The van der Waals surface area contributed by atoms with Crippen LogP contribution < -0.4 is 4.74 Å². The number of aryl methyl sites for hydroxylation is 1. The van der Waals surface area contributed by atoms with E-state index in [2.05, 4.69) is 17.0 Å². The van der Waals surface area contributed by atoms with Crippen LogP contribution in [0.4, 0.5) is 0 Å². The fraction of sp³-hybridized carbons (Fsp3) is 0.588. The molecule has 0 radical (unpaired) electrons. The van der Waals surface area contributed by atoms with Crippen LogP contribution in [0.1, 0.15) is 43.2 Å². The lowest BCUT2D eigenvalue weighted by Crippen LogP contribution is -2.48. The van der Waals surface area contributed by atoms with Crippen molar-refractivity contribution in [2.45, 2.75) is 44.1 Å². The first-order chi connectivity index (χ1) is 10.2. The highest BCUT2D eigenvalue weighted by atomic mass is 16.5. The zero-order valence-corrected chi connectivity index (χ0v) is 12.6. The molecule has 0 bridgehead atoms. The van der Waals surface area contributed by atoms with Gasteiger partial charge >= 0.3 is 5.97 Å². The van der Waals surface area contributed by atoms with E-state index in [1.54, 1.807) is 7.11 Å². The summed E-state index contributed by atoms with van der Waals surface area (Å²) in [4.78, 5) is 13.9. The molecule has 0 spiro atoms. The van der Waals surface area contributed by atoms with Gasteiger partial charge < -0.3 is 9.84 Å². The summed E-state index contributed by atoms with van der Waals surface area (Å²) in [6.45, 7) is 2.01. The van der Waals surface area contributed by atoms with E-state index >= 15 is 0 Å². The monoisotopic (exact) mass is 289 g/mol. The molecule has 1 aliphatic carbocycles. The number of piperidine rings is 1. The zero-order valence-electron chi connectivity index (χ0n) is 12.6. The standard InChI is InChI=1S/C17H23NO3/c1-21-14-6-5-13-7-8-17(12-16(19)20,15(13)11-14)18-9-3-2-4-10-18/h5-6,11H,2-4,7-10,12H2,1H3,(H,19,20). The molecule has 4 heteroatoms. The summed E-state index contributed by atoms with van der Waals surface area (Å²) in [5.41, 5.74) is 2.12. The molecule has 2 aliphatic rings. The van der Waals surface area contributed by atoms with Crippen molar-refractivity contribution >= 4 is 5.97 Å². The Morgan fingerprint density at radius 2 is 2.10 bits per heavy atom. The second-order valence-electron chi connectivity index (χ2n) is 6.17. The van der Waals surface area contributed by atoms with Crippen LogP contribution >= 0.6 is 0 Å². The lowest BCUT2D eigenvalue weighted by Gasteiger charge is -2.43. The van der Waals surface area contributed by atoms with E-state index in [-0.39, 0.29) is 12.0 Å². The summed E-state index contributed by atoms with van der Waals surface area (Å²) in [5, 5.41) is 9.46. The molecule has 1 saturated heterocycles. The van der Waals surface area contributed by atoms with Gasteiger partial charge in [0.2, 0.25) is 0 Å². The number of carbonyl (C=O) groups is 1. The predicted molar refractivity (Wildman–Crippen MR) is 80.7 cm³/mol. The number of likely N-dealkylation sites (tertiary alicyclic amines) is 1. The number of carboxylic acids is 1. The number of nitrogens with zero attached hydrogens (tertiary/aromatic N) is 1. The number of aliphatic carboxylic acids is 1. The van der Waals surface area contributed by atoms with Gasteiger partial charge in [0.25, 0.3) is 0 Å². The van der Waals surface area contributed by atoms with Crippen LogP contribution in [0.25, 0.3) is 0 Å². The lowest BCUT2D eigenvalue weighted by atomic mass is 9.84. The molecule has 21 heavy (non-hydrogen) atoms. The number of hydrogen-bond donors (Lipinski definition) is 1. The van der Waals surface area contributed by atoms with E-state index in [1.165, 1.54) is 30.4 Å². The van der Waals surface area contributed by atoms with Crippen molar-refractivity contribution in [2.75, 3.05) is 20.2 Å². The Balaban J connectivity index is 2.03. The number of rotatable bonds is 4. The maximum absolute atomic E-state index is 11.5. The molecule has 0 aromatic heterocycles. The minimum absolute atomic E-state index is 0.188. The third kappa shape index (κ3) is 2.53. The van der Waals surface area contributed by atoms with Gasteiger partial charge in [0, 0.05) is 0 Å². The number of benzene rings is 1. The van der Waals surface area contributed by atoms with Crippen molar-refractivity contribution in [2.24, 2.45) is 0 Å². The summed E-state index contributed by atoms with van der Waals surface area (Å²) >= 11 is 0. The van der Waals surface area contributed by atoms with Crippen molar-refractivity contribution in [3.63, 3.8) is 0 Å². The Morgan fingerprint density at radius 1 is 1.33 bits per heavy atom. The first-order valence-corrected chi connectivity index (χ1v) is 7.80. The van der Waals surface area contributed by atoms with E-state index in [0.29, 0.717) is 0 Å². The highest BCUT2D eigenvalue weighted by molar-refractivity contribution is 5.70. The third-order valence-electron chi connectivity index (χ3n) is 5.03. The normalized spacial score (nSPS) is 25.6. The fourth-order valence-electron chi connectivity index (χ4n) is 4.01. The van der Waals surface area contributed by atoms with Crippen molar-refractivity contribution < 1.29 is 14.6 Å². The maximum atomic E-state index is 11.5. The van der Waals surface area contributed by atoms with Crippen molar-refractivity contribution in [3.05, 3.63) is 29.3 Å². The van der Waals surface area contributed by atoms with E-state index < -0.39 is 5.97 Å². The Kier molecular flexibility index (Phi) is 3.89. The summed E-state index contributed by atoms with van der Waals surface area (Å²) in [5.74, 6) is 0.110. The highest BCUT2D eigenvalue weighted by Gasteiger charge is 2.45. The van der Waals surface area contributed by atoms with Gasteiger partial charge in [-0.3, -0.25) is 9.69 Å². The first kappa shape index (κ1) is 14.4. The maximum Gasteiger partial charge on any atom is 0.305 e. The minimum Gasteiger partial charge on any atom is -0.497 e. The average molecular weight is 289 g/mol. The van der Waals surface area contributed by atoms with Crippen LogP contribution in [0.2, 0.25) is 0 Å². The fourth-order valence-corrected chi connectivity index (χ4v) is 4.01. The summed E-state index contributed by atoms with van der Waals surface area (Å²) in [7, 11) is 1.66. The van der Waals surface area contributed by atoms with E-state index in [4.69, 9.17) is 4.74 Å². The zero-order chi connectivity index (χ0) is 14.9. The second kappa shape index (κ2) is 5.68. The van der Waals surface area contributed by atoms with Crippen molar-refractivity contribution in [3.8, 4) is 5.75 Å². The number of hydrogen-bond acceptors (Lipinski definition) is 3. The molecule has 0 saturated carbocycles. The van der Waals surface area contributed by atoms with Gasteiger partial charge in [-0.25, -0.2) is 0 Å². The van der Waals surface area contributed by atoms with Gasteiger partial charge in [0.1, 0.15) is 5.75 Å². The van der Waals surface area contributed by atoms with Crippen LogP contribution in [-0.4, -0.2) is 36.2 Å². The van der Waals surface area contributed by atoms with Gasteiger partial charge in [-0.2, -0.15) is 0 Å². The summed E-state index contributed by atoms with van der Waals surface area (Å²) in [6.07, 6.45) is 5.64. The van der Waals surface area contributed by atoms with Crippen LogP contribution in [0, 0.1) is 0 Å². The van der Waals surface area contributed by atoms with Crippen LogP contribution in [-0.2, 0) is 16.8 Å². The Labute approximate surface area is 125 Å². The first-order valence-electron chi connectivity index (χ1n) is 7.80. The number of carboxylic acid groups (broad SMARTS) is 1. The molecule has 1 unspecified atom stereocenters. The second-order valence-corrected chi connectivity index (χ2v) is 6.17. The van der Waals surface area contributed by atoms with Crippen LogP contribution in [0.15, 0.2) is 18.2 Å². The molecule has 4 nitrogen and oxygen atoms in total. The Morgan fingerprint density at radius 3 is 2.76 bits per heavy atom. The molecule has 1 aromatic carbocycles. The van der Waals surface area contributed by atoms with Gasteiger partial charge in [0.05, 0.1) is 19.1 Å². The van der Waals surface area contributed by atoms with Crippen LogP contribution in [0.5, 0.6) is 5.75 Å².